The Morgan fingerprint density at radius 1 is 0.800 bits per heavy atom. The van der Waals surface area contributed by atoms with Crippen LogP contribution in [-0.2, 0) is 5.54 Å². The van der Waals surface area contributed by atoms with Crippen molar-refractivity contribution in [3.8, 4) is 0 Å². The van der Waals surface area contributed by atoms with Crippen molar-refractivity contribution in [3.63, 3.8) is 0 Å². The molecule has 0 bridgehead atoms. The van der Waals surface area contributed by atoms with Crippen LogP contribution in [0, 0.1) is 0 Å². The van der Waals surface area contributed by atoms with Gasteiger partial charge in [-0.15, -0.1) is 0 Å². The number of rotatable bonds is 5. The van der Waals surface area contributed by atoms with E-state index >= 15 is 0 Å². The molecule has 114 valence electrons. The van der Waals surface area contributed by atoms with Crippen LogP contribution < -0.4 is 0 Å². The van der Waals surface area contributed by atoms with E-state index in [1.165, 1.54) is 5.56 Å². The van der Waals surface area contributed by atoms with Gasteiger partial charge in [0.1, 0.15) is 0 Å². The summed E-state index contributed by atoms with van der Waals surface area (Å²) in [6.45, 7) is 4.38. The average molecular weight is 296 g/mol. The molecule has 1 aromatic carbocycles. The Bertz CT molecular complexity index is 449. The van der Waals surface area contributed by atoms with Gasteiger partial charge in [0.15, 0.2) is 7.51 Å². The zero-order chi connectivity index (χ0) is 15.6. The van der Waals surface area contributed by atoms with Crippen LogP contribution in [0.25, 0.3) is 0 Å². The molecule has 0 saturated heterocycles. The second kappa shape index (κ2) is 6.40. The smallest absolute Gasteiger partial charge is 0.167 e. The third-order valence-corrected chi connectivity index (χ3v) is 7.46. The summed E-state index contributed by atoms with van der Waals surface area (Å²) in [6.07, 6.45) is 0. The maximum atomic E-state index is 5.30. The van der Waals surface area contributed by atoms with Crippen LogP contribution in [0.3, 0.4) is 0 Å². The van der Waals surface area contributed by atoms with Gasteiger partial charge in [-0.1, -0.05) is 30.3 Å². The first-order chi connectivity index (χ1) is 9.14. The highest BCUT2D eigenvalue weighted by Crippen LogP contribution is 2.57. The van der Waals surface area contributed by atoms with Gasteiger partial charge in [0.05, 0.1) is 5.54 Å². The highest BCUT2D eigenvalue weighted by Gasteiger charge is 2.33. The first-order valence-corrected chi connectivity index (χ1v) is 8.47. The third kappa shape index (κ3) is 3.32. The molecule has 1 rings (SSSR count). The molecule has 4 nitrogen and oxygen atoms in total. The van der Waals surface area contributed by atoms with Gasteiger partial charge in [-0.25, -0.2) is 4.74 Å². The second-order valence-corrected chi connectivity index (χ2v) is 9.78. The highest BCUT2D eigenvalue weighted by atomic mass is 31.2. The lowest BCUT2D eigenvalue weighted by atomic mass is 9.96. The molecular formula is C15H29N4P. The SMILES string of the molecule is CN(C)P(=NC(C)(C)c1ccccc1)(N(C)C)N(C)C. The van der Waals surface area contributed by atoms with E-state index in [0.717, 1.165) is 0 Å². The summed E-state index contributed by atoms with van der Waals surface area (Å²) >= 11 is 0. The largest absolute Gasteiger partial charge is 0.252 e. The van der Waals surface area contributed by atoms with Crippen molar-refractivity contribution in [2.45, 2.75) is 19.4 Å². The molecule has 0 amide bonds. The molecule has 0 heterocycles. The number of benzene rings is 1. The second-order valence-electron chi connectivity index (χ2n) is 6.10. The summed E-state index contributed by atoms with van der Waals surface area (Å²) in [4.78, 5) is 0. The fourth-order valence-electron chi connectivity index (χ4n) is 2.58. The Morgan fingerprint density at radius 2 is 1.20 bits per heavy atom. The van der Waals surface area contributed by atoms with Crippen LogP contribution >= 0.6 is 7.51 Å². The van der Waals surface area contributed by atoms with E-state index in [4.69, 9.17) is 4.74 Å². The molecule has 0 saturated carbocycles. The zero-order valence-corrected chi connectivity index (χ0v) is 15.0. The summed E-state index contributed by atoms with van der Waals surface area (Å²) < 4.78 is 12.0. The Balaban J connectivity index is 3.47. The van der Waals surface area contributed by atoms with Crippen molar-refractivity contribution < 1.29 is 0 Å². The maximum absolute atomic E-state index is 5.30. The fraction of sp³-hybridized carbons (Fsp3) is 0.600. The number of hydrogen-bond acceptors (Lipinski definition) is 1. The van der Waals surface area contributed by atoms with Crippen LogP contribution in [0.4, 0.5) is 0 Å². The van der Waals surface area contributed by atoms with Crippen molar-refractivity contribution in [2.24, 2.45) is 4.74 Å². The van der Waals surface area contributed by atoms with E-state index in [1.807, 2.05) is 6.07 Å². The van der Waals surface area contributed by atoms with E-state index in [2.05, 4.69) is 94.4 Å². The minimum absolute atomic E-state index is 0.228. The lowest BCUT2D eigenvalue weighted by molar-refractivity contribution is 0.449. The summed E-state index contributed by atoms with van der Waals surface area (Å²) in [5.74, 6) is 0. The Morgan fingerprint density at radius 3 is 1.55 bits per heavy atom. The molecular weight excluding hydrogens is 267 g/mol. The Hall–Kier alpha value is -0.670. The molecule has 0 N–H and O–H groups in total. The third-order valence-electron chi connectivity index (χ3n) is 3.47. The Labute approximate surface area is 124 Å². The zero-order valence-electron chi connectivity index (χ0n) is 14.1. The van der Waals surface area contributed by atoms with Crippen molar-refractivity contribution >= 4 is 7.51 Å². The number of hydrogen-bond donors (Lipinski definition) is 0. The van der Waals surface area contributed by atoms with Crippen molar-refractivity contribution in [1.29, 1.82) is 0 Å². The van der Waals surface area contributed by atoms with Crippen LogP contribution in [-0.4, -0.2) is 56.3 Å². The molecule has 20 heavy (non-hydrogen) atoms. The number of nitrogens with zero attached hydrogens (tertiary/aromatic N) is 4. The molecule has 0 aliphatic rings. The minimum Gasteiger partial charge on any atom is -0.252 e. The van der Waals surface area contributed by atoms with Crippen LogP contribution in [0.2, 0.25) is 0 Å². The summed E-state index contributed by atoms with van der Waals surface area (Å²) in [6, 6.07) is 10.5. The first-order valence-electron chi connectivity index (χ1n) is 6.87. The summed E-state index contributed by atoms with van der Waals surface area (Å²) in [7, 11) is 10.8. The van der Waals surface area contributed by atoms with Gasteiger partial charge < -0.3 is 0 Å². The molecule has 5 heteroatoms. The normalized spacial score (nSPS) is 13.3. The van der Waals surface area contributed by atoms with Crippen molar-refractivity contribution in [1.82, 2.24) is 14.0 Å². The lowest BCUT2D eigenvalue weighted by Crippen LogP contribution is -2.32. The van der Waals surface area contributed by atoms with E-state index in [0.29, 0.717) is 0 Å². The van der Waals surface area contributed by atoms with E-state index < -0.39 is 7.51 Å². The topological polar surface area (TPSA) is 22.1 Å². The standard InChI is InChI=1S/C15H29N4P/c1-15(2,14-12-10-9-11-13-14)16-20(17(3)4,18(5)6)19(7)8/h9-13H,1-8H3. The van der Waals surface area contributed by atoms with Gasteiger partial charge in [-0.05, 0) is 61.7 Å². The molecule has 0 aromatic heterocycles. The molecule has 0 fully saturated rings. The molecule has 0 unspecified atom stereocenters. The molecule has 0 aliphatic carbocycles. The van der Waals surface area contributed by atoms with Gasteiger partial charge in [0.2, 0.25) is 0 Å². The average Bonchev–Trinajstić information content (AvgIpc) is 2.35. The van der Waals surface area contributed by atoms with Gasteiger partial charge >= 0.3 is 0 Å². The highest BCUT2D eigenvalue weighted by molar-refractivity contribution is 7.59. The monoisotopic (exact) mass is 296 g/mol. The quantitative estimate of drug-likeness (QED) is 0.776. The van der Waals surface area contributed by atoms with E-state index in [9.17, 15) is 0 Å². The predicted octanol–water partition coefficient (Wildman–Crippen LogP) is 3.55. The first kappa shape index (κ1) is 17.4. The Kier molecular flexibility index (Phi) is 5.56. The van der Waals surface area contributed by atoms with E-state index in [-0.39, 0.29) is 5.54 Å². The van der Waals surface area contributed by atoms with Gasteiger partial charge in [-0.3, -0.25) is 14.0 Å². The molecule has 1 aromatic rings. The summed E-state index contributed by atoms with van der Waals surface area (Å²) in [5.41, 5.74) is 1.02. The predicted molar refractivity (Wildman–Crippen MR) is 89.9 cm³/mol. The molecule has 0 atom stereocenters. The molecule has 0 spiro atoms. The molecule has 0 radical (unpaired) electrons. The van der Waals surface area contributed by atoms with Crippen LogP contribution in [0.1, 0.15) is 19.4 Å². The van der Waals surface area contributed by atoms with Crippen LogP contribution in [0.5, 0.6) is 0 Å². The van der Waals surface area contributed by atoms with E-state index in [1.54, 1.807) is 0 Å². The lowest BCUT2D eigenvalue weighted by Gasteiger charge is -2.43. The van der Waals surface area contributed by atoms with Gasteiger partial charge in [0, 0.05) is 0 Å². The maximum Gasteiger partial charge on any atom is 0.167 e. The van der Waals surface area contributed by atoms with Crippen LogP contribution in [0.15, 0.2) is 35.1 Å². The summed E-state index contributed by atoms with van der Waals surface area (Å²) in [5, 5.41) is 0. The van der Waals surface area contributed by atoms with Crippen molar-refractivity contribution in [2.75, 3.05) is 42.3 Å². The molecule has 0 aliphatic heterocycles. The van der Waals surface area contributed by atoms with Crippen molar-refractivity contribution in [3.05, 3.63) is 35.9 Å². The van der Waals surface area contributed by atoms with Gasteiger partial charge in [-0.2, -0.15) is 0 Å². The fourth-order valence-corrected chi connectivity index (χ4v) is 6.05. The van der Waals surface area contributed by atoms with Gasteiger partial charge in [0.25, 0.3) is 0 Å². The minimum atomic E-state index is -1.87.